The fraction of sp³-hybridized carbons (Fsp3) is 0.389. The second kappa shape index (κ2) is 6.73. The van der Waals surface area contributed by atoms with Gasteiger partial charge in [-0.25, -0.2) is 4.98 Å². The lowest BCUT2D eigenvalue weighted by Crippen LogP contribution is -2.13. The molecule has 0 spiro atoms. The average molecular weight is 346 g/mol. The summed E-state index contributed by atoms with van der Waals surface area (Å²) in [4.78, 5) is 28.7. The van der Waals surface area contributed by atoms with Gasteiger partial charge < -0.3 is 10.4 Å². The first-order chi connectivity index (χ1) is 11.1. The number of amides is 1. The summed E-state index contributed by atoms with van der Waals surface area (Å²) < 4.78 is 0. The summed E-state index contributed by atoms with van der Waals surface area (Å²) in [5, 5.41) is 12.9. The van der Waals surface area contributed by atoms with Gasteiger partial charge in [-0.1, -0.05) is 32.9 Å². The second-order valence-corrected chi connectivity index (χ2v) is 7.82. The zero-order chi connectivity index (χ0) is 18.1. The summed E-state index contributed by atoms with van der Waals surface area (Å²) in [6.07, 6.45) is 0. The number of benzene rings is 1. The third-order valence-corrected chi connectivity index (χ3v) is 5.24. The van der Waals surface area contributed by atoms with E-state index >= 15 is 0 Å². The van der Waals surface area contributed by atoms with Gasteiger partial charge in [0.05, 0.1) is 16.6 Å². The molecule has 0 saturated heterocycles. The lowest BCUT2D eigenvalue weighted by Gasteiger charge is -2.13. The minimum absolute atomic E-state index is 0.106. The zero-order valence-corrected chi connectivity index (χ0v) is 15.3. The maximum atomic E-state index is 12.5. The summed E-state index contributed by atoms with van der Waals surface area (Å²) in [6, 6.07) is 6.92. The van der Waals surface area contributed by atoms with E-state index in [-0.39, 0.29) is 11.3 Å². The molecular formula is C18H22N2O3S. The molecule has 0 saturated carbocycles. The number of carbonyl (C=O) groups excluding carboxylic acids is 1. The summed E-state index contributed by atoms with van der Waals surface area (Å²) >= 11 is 1.39. The van der Waals surface area contributed by atoms with Crippen molar-refractivity contribution in [2.45, 2.75) is 46.0 Å². The number of carboxylic acid groups (broad SMARTS) is 1. The Hall–Kier alpha value is -2.21. The van der Waals surface area contributed by atoms with Crippen molar-refractivity contribution in [3.8, 4) is 0 Å². The molecule has 2 N–H and O–H groups in total. The molecule has 5 nitrogen and oxygen atoms in total. The predicted molar refractivity (Wildman–Crippen MR) is 96.0 cm³/mol. The number of aliphatic carboxylic acids is 1. The molecule has 1 aromatic carbocycles. The molecule has 1 heterocycles. The van der Waals surface area contributed by atoms with Crippen LogP contribution in [0.5, 0.6) is 0 Å². The fourth-order valence-corrected chi connectivity index (χ4v) is 3.16. The first kappa shape index (κ1) is 18.1. The SMILES string of the molecule is Cc1nc(C(C)(C)C)sc1C(=O)Nc1cccc(C(C)C(=O)O)c1. The molecule has 0 aliphatic heterocycles. The predicted octanol–water partition coefficient (Wildman–Crippen LogP) is 4.19. The summed E-state index contributed by atoms with van der Waals surface area (Å²) in [6.45, 7) is 9.62. The van der Waals surface area contributed by atoms with Gasteiger partial charge in [-0.2, -0.15) is 0 Å². The van der Waals surface area contributed by atoms with Gasteiger partial charge in [0.2, 0.25) is 0 Å². The molecule has 0 radical (unpaired) electrons. The average Bonchev–Trinajstić information content (AvgIpc) is 2.89. The van der Waals surface area contributed by atoms with Crippen molar-refractivity contribution in [1.82, 2.24) is 4.98 Å². The number of aromatic nitrogens is 1. The van der Waals surface area contributed by atoms with E-state index in [2.05, 4.69) is 31.1 Å². The van der Waals surface area contributed by atoms with Gasteiger partial charge in [-0.15, -0.1) is 11.3 Å². The summed E-state index contributed by atoms with van der Waals surface area (Å²) in [5.41, 5.74) is 1.83. The number of rotatable bonds is 4. The minimum atomic E-state index is -0.897. The molecule has 1 atom stereocenters. The van der Waals surface area contributed by atoms with E-state index in [9.17, 15) is 9.59 Å². The maximum Gasteiger partial charge on any atom is 0.310 e. The van der Waals surface area contributed by atoms with Crippen molar-refractivity contribution in [3.63, 3.8) is 0 Å². The van der Waals surface area contributed by atoms with E-state index in [1.165, 1.54) is 11.3 Å². The Morgan fingerprint density at radius 1 is 1.29 bits per heavy atom. The highest BCUT2D eigenvalue weighted by Gasteiger charge is 2.23. The highest BCUT2D eigenvalue weighted by Crippen LogP contribution is 2.30. The molecule has 1 aromatic heterocycles. The molecule has 2 rings (SSSR count). The monoisotopic (exact) mass is 346 g/mol. The molecule has 0 fully saturated rings. The van der Waals surface area contributed by atoms with Crippen LogP contribution in [-0.4, -0.2) is 22.0 Å². The van der Waals surface area contributed by atoms with Gasteiger partial charge in [0.25, 0.3) is 5.91 Å². The Balaban J connectivity index is 2.23. The van der Waals surface area contributed by atoms with Crippen molar-refractivity contribution in [3.05, 3.63) is 45.4 Å². The molecule has 128 valence electrons. The molecule has 24 heavy (non-hydrogen) atoms. The molecule has 0 bridgehead atoms. The highest BCUT2D eigenvalue weighted by molar-refractivity contribution is 7.14. The molecule has 1 unspecified atom stereocenters. The Morgan fingerprint density at radius 2 is 1.96 bits per heavy atom. The smallest absolute Gasteiger partial charge is 0.310 e. The maximum absolute atomic E-state index is 12.5. The number of hydrogen-bond acceptors (Lipinski definition) is 4. The van der Waals surface area contributed by atoms with Crippen molar-refractivity contribution in [2.75, 3.05) is 5.32 Å². The Morgan fingerprint density at radius 3 is 2.50 bits per heavy atom. The lowest BCUT2D eigenvalue weighted by molar-refractivity contribution is -0.138. The topological polar surface area (TPSA) is 79.3 Å². The lowest BCUT2D eigenvalue weighted by atomic mass is 9.98. The van der Waals surface area contributed by atoms with Crippen LogP contribution in [0.1, 0.15) is 59.5 Å². The first-order valence-corrected chi connectivity index (χ1v) is 8.53. The number of carboxylic acids is 1. The third-order valence-electron chi connectivity index (χ3n) is 3.66. The van der Waals surface area contributed by atoms with Crippen LogP contribution >= 0.6 is 11.3 Å². The van der Waals surface area contributed by atoms with Gasteiger partial charge >= 0.3 is 5.97 Å². The minimum Gasteiger partial charge on any atom is -0.481 e. The van der Waals surface area contributed by atoms with E-state index in [4.69, 9.17) is 5.11 Å². The number of anilines is 1. The van der Waals surface area contributed by atoms with Gasteiger partial charge in [-0.3, -0.25) is 9.59 Å². The van der Waals surface area contributed by atoms with Crippen molar-refractivity contribution >= 4 is 28.9 Å². The Kier molecular flexibility index (Phi) is 5.08. The van der Waals surface area contributed by atoms with E-state index in [0.29, 0.717) is 21.8 Å². The first-order valence-electron chi connectivity index (χ1n) is 7.71. The molecule has 0 aliphatic carbocycles. The van der Waals surface area contributed by atoms with Gasteiger partial charge in [0.1, 0.15) is 4.88 Å². The van der Waals surface area contributed by atoms with Crippen LogP contribution in [0.25, 0.3) is 0 Å². The van der Waals surface area contributed by atoms with Crippen LogP contribution < -0.4 is 5.32 Å². The van der Waals surface area contributed by atoms with Gasteiger partial charge in [0, 0.05) is 11.1 Å². The van der Waals surface area contributed by atoms with E-state index in [0.717, 1.165) is 5.01 Å². The summed E-state index contributed by atoms with van der Waals surface area (Å²) in [5.74, 6) is -1.74. The van der Waals surface area contributed by atoms with Crippen LogP contribution in [0.15, 0.2) is 24.3 Å². The fourth-order valence-electron chi connectivity index (χ4n) is 2.14. The standard InChI is InChI=1S/C18H22N2O3S/c1-10(16(22)23)12-7-6-8-13(9-12)20-15(21)14-11(2)19-17(24-14)18(3,4)5/h6-10H,1-5H3,(H,20,21)(H,22,23). The van der Waals surface area contributed by atoms with Crippen LogP contribution in [0, 0.1) is 6.92 Å². The number of thiazole rings is 1. The number of aryl methyl sites for hydroxylation is 1. The number of nitrogens with one attached hydrogen (secondary N) is 1. The Bertz CT molecular complexity index is 775. The van der Waals surface area contributed by atoms with Crippen LogP contribution in [0.2, 0.25) is 0 Å². The third kappa shape index (κ3) is 4.00. The molecule has 1 amide bonds. The van der Waals surface area contributed by atoms with Gasteiger partial charge in [0.15, 0.2) is 0 Å². The van der Waals surface area contributed by atoms with Crippen molar-refractivity contribution < 1.29 is 14.7 Å². The molecule has 2 aromatic rings. The zero-order valence-electron chi connectivity index (χ0n) is 14.5. The number of carbonyl (C=O) groups is 2. The summed E-state index contributed by atoms with van der Waals surface area (Å²) in [7, 11) is 0. The highest BCUT2D eigenvalue weighted by atomic mass is 32.1. The number of hydrogen-bond donors (Lipinski definition) is 2. The van der Waals surface area contributed by atoms with Crippen molar-refractivity contribution in [1.29, 1.82) is 0 Å². The van der Waals surface area contributed by atoms with Crippen LogP contribution in [0.4, 0.5) is 5.69 Å². The molecular weight excluding hydrogens is 324 g/mol. The largest absolute Gasteiger partial charge is 0.481 e. The van der Waals surface area contributed by atoms with E-state index < -0.39 is 11.9 Å². The molecule has 6 heteroatoms. The van der Waals surface area contributed by atoms with E-state index in [1.54, 1.807) is 31.2 Å². The Labute approximate surface area is 145 Å². The van der Waals surface area contributed by atoms with Gasteiger partial charge in [-0.05, 0) is 31.5 Å². The quantitative estimate of drug-likeness (QED) is 0.870. The van der Waals surface area contributed by atoms with Crippen LogP contribution in [-0.2, 0) is 10.2 Å². The normalized spacial score (nSPS) is 12.7. The molecule has 0 aliphatic rings. The second-order valence-electron chi connectivity index (χ2n) is 6.82. The van der Waals surface area contributed by atoms with Crippen molar-refractivity contribution in [2.24, 2.45) is 0 Å². The van der Waals surface area contributed by atoms with E-state index in [1.807, 2.05) is 6.92 Å². The van der Waals surface area contributed by atoms with Crippen LogP contribution in [0.3, 0.4) is 0 Å². The number of nitrogens with zero attached hydrogens (tertiary/aromatic N) is 1.